The number of rotatable bonds is 8. The average molecular weight is 1170 g/mol. The lowest BCUT2D eigenvalue weighted by Crippen LogP contribution is -2.89. The van der Waals surface area contributed by atoms with E-state index in [9.17, 15) is 9.59 Å². The molecule has 380 valence electrons. The smallest absolute Gasteiger partial charge is 0.393 e. The molecule has 2 N–H and O–H groups in total. The molecule has 15 nitrogen and oxygen atoms in total. The van der Waals surface area contributed by atoms with Crippen LogP contribution >= 0.6 is 0 Å². The van der Waals surface area contributed by atoms with Crippen LogP contribution in [0.15, 0.2) is 243 Å². The molecule has 4 heterocycles. The molecule has 0 aromatic heterocycles. The maximum atomic E-state index is 13.7. The summed E-state index contributed by atoms with van der Waals surface area (Å²) < 4.78 is 101. The number of benzene rings is 8. The van der Waals surface area contributed by atoms with Gasteiger partial charge >= 0.3 is 89.0 Å². The van der Waals surface area contributed by atoms with Crippen molar-refractivity contribution in [2.24, 2.45) is 0 Å². The Hall–Kier alpha value is -4.67. The van der Waals surface area contributed by atoms with Gasteiger partial charge in [0.05, 0.1) is 0 Å². The van der Waals surface area contributed by atoms with Gasteiger partial charge in [-0.3, -0.25) is 0 Å². The Morgan fingerprint density at radius 1 is 0.240 bits per heavy atom. The monoisotopic (exact) mass is 1170 g/mol. The van der Waals surface area contributed by atoms with Gasteiger partial charge in [-0.2, -0.15) is 0 Å². The summed E-state index contributed by atoms with van der Waals surface area (Å²) in [6.45, 7) is 3.03. The van der Waals surface area contributed by atoms with E-state index in [1.807, 2.05) is 243 Å². The summed E-state index contributed by atoms with van der Waals surface area (Å²) in [5, 5.41) is 3.71. The van der Waals surface area contributed by atoms with Crippen LogP contribution in [0, 0.1) is 0 Å². The molecule has 4 aliphatic rings. The molecule has 4 saturated heterocycles. The predicted molar refractivity (Wildman–Crippen MR) is 299 cm³/mol. The van der Waals surface area contributed by atoms with E-state index in [-0.39, 0.29) is 0 Å². The normalized spacial score (nSPS) is 33.9. The third-order valence-electron chi connectivity index (χ3n) is 12.6. The molecule has 10 atom stereocenters. The average Bonchev–Trinajstić information content (AvgIpc) is 3.46. The minimum Gasteiger partial charge on any atom is -0.393 e. The van der Waals surface area contributed by atoms with Crippen LogP contribution in [0.4, 0.5) is 0 Å². The second-order valence-electron chi connectivity index (χ2n) is 18.2. The minimum atomic E-state index is -5.18. The predicted octanol–water partition coefficient (Wildman–Crippen LogP) is 1.71. The van der Waals surface area contributed by atoms with Crippen molar-refractivity contribution in [3.8, 4) is 0 Å². The van der Waals surface area contributed by atoms with Crippen LogP contribution in [0.25, 0.3) is 0 Å². The van der Waals surface area contributed by atoms with Crippen molar-refractivity contribution in [3.05, 3.63) is 243 Å². The van der Waals surface area contributed by atoms with Crippen LogP contribution in [-0.2, 0) is 53.5 Å². The number of fused-ring (bicyclic) bond motifs is 6. The Morgan fingerprint density at radius 3 is 0.760 bits per heavy atom. The lowest BCUT2D eigenvalue weighted by Gasteiger charge is -2.56. The molecular formula is C50H50O15Si10. The van der Waals surface area contributed by atoms with Gasteiger partial charge < -0.3 is 63.1 Å². The summed E-state index contributed by atoms with van der Waals surface area (Å²) in [5.74, 6) is 0. The Labute approximate surface area is 446 Å². The highest BCUT2D eigenvalue weighted by atomic mass is 28.6. The van der Waals surface area contributed by atoms with E-state index in [2.05, 4.69) is 0 Å². The minimum absolute atomic E-state index is 0.393. The largest absolute Gasteiger partial charge is 0.515 e. The molecule has 0 spiro atoms. The molecule has 8 aromatic rings. The van der Waals surface area contributed by atoms with Gasteiger partial charge in [0.15, 0.2) is 0 Å². The van der Waals surface area contributed by atoms with E-state index in [0.29, 0.717) is 41.5 Å². The van der Waals surface area contributed by atoms with Gasteiger partial charge in [-0.05, 0) is 10.4 Å². The van der Waals surface area contributed by atoms with Crippen LogP contribution in [-0.4, -0.2) is 98.6 Å². The molecule has 4 aliphatic heterocycles. The van der Waals surface area contributed by atoms with Crippen molar-refractivity contribution < 1.29 is 63.1 Å². The van der Waals surface area contributed by atoms with Gasteiger partial charge in [0.25, 0.3) is 0 Å². The Kier molecular flexibility index (Phi) is 13.8. The van der Waals surface area contributed by atoms with E-state index in [1.165, 1.54) is 13.1 Å². The SMILES string of the molecule is C[Si]1(O)O[SiH](c2ccccc2)O[Si]2(c3ccccc3)O[Si]3(c4ccccc4)O[SiH](c4ccccc4)O[Si]4(c5ccccc5)O[Si](c5ccccc5)(O1)O[Si](c1ccccc1)(O2)O[Si](c1ccccc1)(O[Si](C)(O)O3)O4. The first-order valence-corrected chi connectivity index (χ1v) is 42.2. The van der Waals surface area contributed by atoms with Crippen molar-refractivity contribution in [3.63, 3.8) is 0 Å². The lowest BCUT2D eigenvalue weighted by molar-refractivity contribution is 0.0463. The third kappa shape index (κ3) is 9.99. The highest BCUT2D eigenvalue weighted by Crippen LogP contribution is 2.42. The molecule has 8 aromatic carbocycles. The molecule has 4 fully saturated rings. The van der Waals surface area contributed by atoms with Gasteiger partial charge in [-0.15, -0.1) is 0 Å². The van der Waals surface area contributed by atoms with Crippen LogP contribution in [0.2, 0.25) is 13.1 Å². The Morgan fingerprint density at radius 2 is 0.440 bits per heavy atom. The zero-order valence-corrected chi connectivity index (χ0v) is 50.8. The zero-order chi connectivity index (χ0) is 51.3. The van der Waals surface area contributed by atoms with Crippen molar-refractivity contribution in [1.82, 2.24) is 0 Å². The van der Waals surface area contributed by atoms with Crippen LogP contribution < -0.4 is 41.5 Å². The quantitative estimate of drug-likeness (QED) is 0.212. The first-order chi connectivity index (χ1) is 36.3. The number of hydrogen-bond donors (Lipinski definition) is 2. The molecule has 25 heteroatoms. The third-order valence-corrected chi connectivity index (χ3v) is 50.3. The molecule has 0 radical (unpaired) electrons. The molecule has 0 saturated carbocycles. The first kappa shape index (κ1) is 51.1. The summed E-state index contributed by atoms with van der Waals surface area (Å²) in [6.07, 6.45) is 0. The maximum Gasteiger partial charge on any atom is 0.515 e. The van der Waals surface area contributed by atoms with Gasteiger partial charge in [0.2, 0.25) is 0 Å². The fraction of sp³-hybridized carbons (Fsp3) is 0.0400. The van der Waals surface area contributed by atoms with Crippen molar-refractivity contribution in [2.45, 2.75) is 13.1 Å². The summed E-state index contributed by atoms with van der Waals surface area (Å²) in [6, 6.07) is 74.1. The van der Waals surface area contributed by atoms with Crippen LogP contribution in [0.1, 0.15) is 0 Å². The van der Waals surface area contributed by atoms with E-state index in [1.54, 1.807) is 0 Å². The summed E-state index contributed by atoms with van der Waals surface area (Å²) in [4.78, 5) is 27.0. The lowest BCUT2D eigenvalue weighted by atomic mass is 10.4. The van der Waals surface area contributed by atoms with Crippen LogP contribution in [0.3, 0.4) is 0 Å². The summed E-state index contributed by atoms with van der Waals surface area (Å²) in [5.41, 5.74) is 0. The number of hydrogen-bond acceptors (Lipinski definition) is 15. The fourth-order valence-corrected chi connectivity index (χ4v) is 57.0. The molecule has 10 unspecified atom stereocenters. The van der Waals surface area contributed by atoms with E-state index >= 15 is 0 Å². The van der Waals surface area contributed by atoms with Gasteiger partial charge in [-0.25, -0.2) is 0 Å². The topological polar surface area (TPSA) is 160 Å². The highest BCUT2D eigenvalue weighted by Gasteiger charge is 2.78. The summed E-state index contributed by atoms with van der Waals surface area (Å²) >= 11 is 0. The van der Waals surface area contributed by atoms with Crippen molar-refractivity contribution in [1.29, 1.82) is 0 Å². The van der Waals surface area contributed by atoms with Gasteiger partial charge in [0, 0.05) is 44.2 Å². The second-order valence-corrected chi connectivity index (χ2v) is 45.7. The molecular weight excluding hydrogens is 1120 g/mol. The Balaban J connectivity index is 1.32. The highest BCUT2D eigenvalue weighted by molar-refractivity contribution is 7.09. The fourth-order valence-electron chi connectivity index (χ4n) is 9.35. The molecule has 12 rings (SSSR count). The van der Waals surface area contributed by atoms with Gasteiger partial charge in [0.1, 0.15) is 0 Å². The van der Waals surface area contributed by atoms with Gasteiger partial charge in [-0.1, -0.05) is 243 Å². The Bertz CT molecular complexity index is 3180. The standard InChI is InChI=1S/C50H50O15Si10/c1-68(51)53-66(43-27-11-3-12-28-43)54-71(46-33-17-6-18-34-46)60-70(45-31-15-5-16-32-45)55-67(44-29-13-4-14-30-44)56-72(47-35-19-7-20-36-47)61-73(57-68,48-37-21-8-22-38-48)64-75(63-71,50-41-25-10-26-42-50)65-74(62-72,59-69(2,52)58-70)49-39-23-9-24-40-49/h3-42,51-52,66-67H,1-2H3. The molecule has 0 aliphatic carbocycles. The molecule has 75 heavy (non-hydrogen) atoms. The van der Waals surface area contributed by atoms with E-state index in [0.717, 1.165) is 0 Å². The van der Waals surface area contributed by atoms with Crippen molar-refractivity contribution >= 4 is 130 Å². The van der Waals surface area contributed by atoms with E-state index < -0.39 is 89.0 Å². The molecule has 6 bridgehead atoms. The second kappa shape index (κ2) is 20.3. The first-order valence-electron chi connectivity index (χ1n) is 24.2. The summed E-state index contributed by atoms with van der Waals surface area (Å²) in [7, 11) is -47.3. The van der Waals surface area contributed by atoms with E-state index in [4.69, 9.17) is 53.5 Å². The molecule has 0 amide bonds. The maximum absolute atomic E-state index is 13.7. The van der Waals surface area contributed by atoms with Crippen molar-refractivity contribution in [2.75, 3.05) is 0 Å². The van der Waals surface area contributed by atoms with Crippen LogP contribution in [0.5, 0.6) is 0 Å². The zero-order valence-electron chi connectivity index (χ0n) is 40.5.